The Bertz CT molecular complexity index is 282. The van der Waals surface area contributed by atoms with Crippen molar-refractivity contribution >= 4 is 35.8 Å². The van der Waals surface area contributed by atoms with Crippen LogP contribution < -0.4 is 30.6 Å². The van der Waals surface area contributed by atoms with E-state index in [1.54, 1.807) is 0 Å². The van der Waals surface area contributed by atoms with E-state index in [1.807, 2.05) is 0 Å². The molecule has 0 aromatic carbocycles. The third kappa shape index (κ3) is 52.3. The Labute approximate surface area is 140 Å². The number of aliphatic carboxylic acids is 6. The smallest absolute Gasteiger partial charge is 0.543 e. The minimum Gasteiger partial charge on any atom is -0.543 e. The summed E-state index contributed by atoms with van der Waals surface area (Å²) in [5.74, 6) is -13.1. The van der Waals surface area contributed by atoms with Crippen LogP contribution >= 0.6 is 0 Å². The molecule has 0 aliphatic heterocycles. The number of hydrogen-bond donors (Lipinski definition) is 0. The molecule has 14 nitrogen and oxygen atoms in total. The number of carbonyl (C=O) groups is 6. The van der Waals surface area contributed by atoms with Crippen molar-refractivity contribution in [3.05, 3.63) is 0 Å². The van der Waals surface area contributed by atoms with Crippen molar-refractivity contribution < 1.29 is 104 Å². The predicted molar refractivity (Wildman–Crippen MR) is 37.3 cm³/mol. The van der Waals surface area contributed by atoms with E-state index in [0.717, 1.165) is 0 Å². The van der Waals surface area contributed by atoms with Crippen LogP contribution in [0.1, 0.15) is 0 Å². The Morgan fingerprint density at radius 1 is 0.364 bits per heavy atom. The Morgan fingerprint density at radius 3 is 0.409 bits per heavy atom. The molecule has 0 saturated carbocycles. The van der Waals surface area contributed by atoms with Crippen LogP contribution in [0.25, 0.3) is 0 Å². The van der Waals surface area contributed by atoms with E-state index in [2.05, 4.69) is 0 Å². The Hall–Kier alpha value is -2.22. The maximum Gasteiger partial charge on any atom is 3.00 e. The average molecular weight is 412 g/mol. The largest absolute Gasteiger partial charge is 3.00 e. The SMILES string of the molecule is O.O.O=C([O-])C(=O)[O-].O=C([O-])C(=O)[O-].O=C([O-])C(=O)[O-].[Fe+3].[Fe+3]. The molecule has 0 fully saturated rings. The third-order valence-electron chi connectivity index (χ3n) is 0.500. The van der Waals surface area contributed by atoms with Gasteiger partial charge in [0.15, 0.2) is 0 Å². The first-order valence-corrected chi connectivity index (χ1v) is 3.20. The quantitative estimate of drug-likeness (QED) is 0.264. The molecule has 0 spiro atoms. The molecular weight excluding hydrogens is 408 g/mol. The van der Waals surface area contributed by atoms with Crippen LogP contribution in [-0.4, -0.2) is 46.8 Å². The van der Waals surface area contributed by atoms with Crippen LogP contribution in [-0.2, 0) is 62.9 Å². The van der Waals surface area contributed by atoms with Crippen LogP contribution in [0, 0.1) is 0 Å². The summed E-state index contributed by atoms with van der Waals surface area (Å²) < 4.78 is 0. The topological polar surface area (TPSA) is 304 Å². The van der Waals surface area contributed by atoms with Gasteiger partial charge in [0.2, 0.25) is 0 Å². The fraction of sp³-hybridized carbons (Fsp3) is 0. The summed E-state index contributed by atoms with van der Waals surface area (Å²) >= 11 is 0. The van der Waals surface area contributed by atoms with Gasteiger partial charge in [-0.15, -0.1) is 0 Å². The van der Waals surface area contributed by atoms with Crippen molar-refractivity contribution in [1.82, 2.24) is 0 Å². The maximum absolute atomic E-state index is 8.93. The van der Waals surface area contributed by atoms with Gasteiger partial charge >= 0.3 is 34.1 Å². The van der Waals surface area contributed by atoms with Gasteiger partial charge in [0, 0.05) is 0 Å². The van der Waals surface area contributed by atoms with Gasteiger partial charge in [0.1, 0.15) is 0 Å². The standard InChI is InChI=1S/3C2H2O4.2Fe.2H2O/c3*3-1(4)2(5)6;;;;/h3*(H,3,4)(H,5,6);;;2*1H2/q;;;2*+3;;/p-6. The predicted octanol–water partition coefficient (Wildman–Crippen LogP) is -12.2. The minimum absolute atomic E-state index is 0. The minimum atomic E-state index is -2.19. The van der Waals surface area contributed by atoms with Gasteiger partial charge in [-0.1, -0.05) is 0 Å². The number of carbonyl (C=O) groups excluding carboxylic acids is 6. The molecule has 16 heteroatoms. The zero-order valence-electron chi connectivity index (χ0n) is 9.61. The Kier molecular flexibility index (Phi) is 46.3. The number of carboxylic acid groups (broad SMARTS) is 6. The summed E-state index contributed by atoms with van der Waals surface area (Å²) in [6.07, 6.45) is 0. The second kappa shape index (κ2) is 23.8. The molecule has 0 saturated heterocycles. The molecule has 4 N–H and O–H groups in total. The second-order valence-electron chi connectivity index (χ2n) is 1.72. The van der Waals surface area contributed by atoms with Crippen LogP contribution in [0.15, 0.2) is 0 Å². The summed E-state index contributed by atoms with van der Waals surface area (Å²) in [4.78, 5) is 53.6. The maximum atomic E-state index is 8.93. The molecule has 0 aliphatic carbocycles. The summed E-state index contributed by atoms with van der Waals surface area (Å²) in [5.41, 5.74) is 0. The van der Waals surface area contributed by atoms with Crippen LogP contribution in [0.2, 0.25) is 0 Å². The zero-order chi connectivity index (χ0) is 15.5. The fourth-order valence-electron chi connectivity index (χ4n) is 0. The fourth-order valence-corrected chi connectivity index (χ4v) is 0. The molecule has 2 radical (unpaired) electrons. The molecule has 128 valence electrons. The van der Waals surface area contributed by atoms with Crippen molar-refractivity contribution in [3.63, 3.8) is 0 Å². The van der Waals surface area contributed by atoms with E-state index in [1.165, 1.54) is 0 Å². The van der Waals surface area contributed by atoms with Crippen molar-refractivity contribution in [1.29, 1.82) is 0 Å². The first-order chi connectivity index (χ1) is 7.93. The van der Waals surface area contributed by atoms with Gasteiger partial charge < -0.3 is 70.4 Å². The second-order valence-corrected chi connectivity index (χ2v) is 1.72. The van der Waals surface area contributed by atoms with Crippen LogP contribution in [0.5, 0.6) is 0 Å². The molecule has 0 unspecified atom stereocenters. The van der Waals surface area contributed by atoms with E-state index < -0.39 is 35.8 Å². The summed E-state index contributed by atoms with van der Waals surface area (Å²) in [6.45, 7) is 0. The van der Waals surface area contributed by atoms with Gasteiger partial charge in [-0.05, 0) is 0 Å². The molecular formula is C6H4Fe2O14. The summed E-state index contributed by atoms with van der Waals surface area (Å²) in [7, 11) is 0. The third-order valence-corrected chi connectivity index (χ3v) is 0.500. The Morgan fingerprint density at radius 2 is 0.409 bits per heavy atom. The molecule has 0 bridgehead atoms. The number of rotatable bonds is 0. The van der Waals surface area contributed by atoms with Crippen LogP contribution in [0.3, 0.4) is 0 Å². The van der Waals surface area contributed by atoms with Gasteiger partial charge in [0.25, 0.3) is 0 Å². The van der Waals surface area contributed by atoms with Gasteiger partial charge in [-0.25, -0.2) is 0 Å². The molecule has 0 rings (SSSR count). The number of carboxylic acids is 6. The first kappa shape index (κ1) is 42.7. The molecule has 22 heavy (non-hydrogen) atoms. The normalized spacial score (nSPS) is 6.00. The van der Waals surface area contributed by atoms with Crippen molar-refractivity contribution in [3.8, 4) is 0 Å². The summed E-state index contributed by atoms with van der Waals surface area (Å²) in [6, 6.07) is 0. The first-order valence-electron chi connectivity index (χ1n) is 3.20. The average Bonchev–Trinajstić information content (AvgIpc) is 2.18. The van der Waals surface area contributed by atoms with E-state index in [9.17, 15) is 0 Å². The van der Waals surface area contributed by atoms with E-state index in [0.29, 0.717) is 0 Å². The van der Waals surface area contributed by atoms with E-state index >= 15 is 0 Å². The molecule has 0 amide bonds. The van der Waals surface area contributed by atoms with E-state index in [4.69, 9.17) is 59.4 Å². The van der Waals surface area contributed by atoms with Gasteiger partial charge in [-0.2, -0.15) is 0 Å². The van der Waals surface area contributed by atoms with Crippen molar-refractivity contribution in [2.45, 2.75) is 0 Å². The summed E-state index contributed by atoms with van der Waals surface area (Å²) in [5, 5.41) is 53.6. The number of hydrogen-bond acceptors (Lipinski definition) is 12. The van der Waals surface area contributed by atoms with Crippen LogP contribution in [0.4, 0.5) is 0 Å². The van der Waals surface area contributed by atoms with Gasteiger partial charge in [-0.3, -0.25) is 0 Å². The van der Waals surface area contributed by atoms with Crippen molar-refractivity contribution in [2.75, 3.05) is 0 Å². The molecule has 0 aliphatic rings. The zero-order valence-corrected chi connectivity index (χ0v) is 11.8. The molecule has 0 heterocycles. The van der Waals surface area contributed by atoms with Crippen molar-refractivity contribution in [2.24, 2.45) is 0 Å². The monoisotopic (exact) mass is 412 g/mol. The van der Waals surface area contributed by atoms with Gasteiger partial charge in [0.05, 0.1) is 35.8 Å². The molecule has 0 aromatic heterocycles. The van der Waals surface area contributed by atoms with E-state index in [-0.39, 0.29) is 45.1 Å². The Balaban J connectivity index is -0.0000000281. The molecule has 0 atom stereocenters. The molecule has 0 aromatic rings.